The number of carbonyl (C=O) groups excluding carboxylic acids is 1. The summed E-state index contributed by atoms with van der Waals surface area (Å²) in [5, 5.41) is 11.7. The van der Waals surface area contributed by atoms with E-state index >= 15 is 0 Å². The van der Waals surface area contributed by atoms with Gasteiger partial charge in [-0.05, 0) is 30.3 Å². The first-order chi connectivity index (χ1) is 8.70. The predicted octanol–water partition coefficient (Wildman–Crippen LogP) is 2.39. The Hall–Kier alpha value is -2.80. The van der Waals surface area contributed by atoms with Crippen molar-refractivity contribution in [1.82, 2.24) is 0 Å². The summed E-state index contributed by atoms with van der Waals surface area (Å²) in [6.07, 6.45) is 0. The van der Waals surface area contributed by atoms with E-state index in [1.807, 2.05) is 24.3 Å². The number of nitrogens with one attached hydrogen (secondary N) is 1. The second-order valence-corrected chi connectivity index (χ2v) is 3.74. The first-order valence-electron chi connectivity index (χ1n) is 5.37. The van der Waals surface area contributed by atoms with Crippen LogP contribution in [0.5, 0.6) is 0 Å². The Morgan fingerprint density at radius 1 is 1.17 bits per heavy atom. The van der Waals surface area contributed by atoms with Gasteiger partial charge < -0.3 is 11.1 Å². The molecule has 88 valence electrons. The van der Waals surface area contributed by atoms with Crippen molar-refractivity contribution in [2.75, 3.05) is 11.1 Å². The number of para-hydroxylation sites is 1. The molecule has 0 atom stereocenters. The molecule has 2 rings (SSSR count). The molecule has 2 aromatic rings. The summed E-state index contributed by atoms with van der Waals surface area (Å²) in [6.45, 7) is 0. The van der Waals surface area contributed by atoms with Crippen molar-refractivity contribution in [3.8, 4) is 6.07 Å². The summed E-state index contributed by atoms with van der Waals surface area (Å²) < 4.78 is 0. The van der Waals surface area contributed by atoms with E-state index in [0.29, 0.717) is 16.9 Å². The molecule has 4 nitrogen and oxygen atoms in total. The molecule has 3 N–H and O–H groups in total. The van der Waals surface area contributed by atoms with Crippen molar-refractivity contribution in [2.24, 2.45) is 0 Å². The zero-order valence-electron chi connectivity index (χ0n) is 9.55. The smallest absolute Gasteiger partial charge is 0.257 e. The summed E-state index contributed by atoms with van der Waals surface area (Å²) in [6, 6.07) is 15.7. The van der Waals surface area contributed by atoms with Gasteiger partial charge in [0.2, 0.25) is 0 Å². The van der Waals surface area contributed by atoms with E-state index in [1.165, 1.54) is 6.07 Å². The molecule has 0 aliphatic heterocycles. The van der Waals surface area contributed by atoms with Gasteiger partial charge in [-0.2, -0.15) is 5.26 Å². The number of nitrogens with zero attached hydrogens (tertiary/aromatic N) is 1. The van der Waals surface area contributed by atoms with Crippen LogP contribution in [0.15, 0.2) is 48.5 Å². The molecule has 1 amide bonds. The van der Waals surface area contributed by atoms with E-state index in [9.17, 15) is 4.79 Å². The summed E-state index contributed by atoms with van der Waals surface area (Å²) in [4.78, 5) is 12.0. The van der Waals surface area contributed by atoms with Crippen LogP contribution in [0.1, 0.15) is 15.9 Å². The van der Waals surface area contributed by atoms with Crippen molar-refractivity contribution in [1.29, 1.82) is 5.26 Å². The SMILES string of the molecule is N#Cc1cc(N)ccc1C(=O)Nc1ccccc1. The van der Waals surface area contributed by atoms with Gasteiger partial charge in [0.05, 0.1) is 11.1 Å². The fourth-order valence-corrected chi connectivity index (χ4v) is 1.57. The van der Waals surface area contributed by atoms with Gasteiger partial charge in [-0.1, -0.05) is 18.2 Å². The van der Waals surface area contributed by atoms with E-state index in [2.05, 4.69) is 5.32 Å². The average molecular weight is 237 g/mol. The normalized spacial score (nSPS) is 9.50. The number of carbonyl (C=O) groups is 1. The summed E-state index contributed by atoms with van der Waals surface area (Å²) in [5.41, 5.74) is 7.30. The highest BCUT2D eigenvalue weighted by Gasteiger charge is 2.11. The van der Waals surface area contributed by atoms with E-state index in [0.717, 1.165) is 0 Å². The van der Waals surface area contributed by atoms with Gasteiger partial charge in [-0.25, -0.2) is 0 Å². The van der Waals surface area contributed by atoms with Gasteiger partial charge in [0.25, 0.3) is 5.91 Å². The Kier molecular flexibility index (Phi) is 3.26. The maximum atomic E-state index is 12.0. The largest absolute Gasteiger partial charge is 0.399 e. The van der Waals surface area contributed by atoms with Crippen LogP contribution in [0.25, 0.3) is 0 Å². The molecule has 18 heavy (non-hydrogen) atoms. The highest BCUT2D eigenvalue weighted by Crippen LogP contribution is 2.15. The van der Waals surface area contributed by atoms with Crippen LogP contribution < -0.4 is 11.1 Å². The number of nitriles is 1. The molecular formula is C14H11N3O. The molecule has 0 aliphatic rings. The van der Waals surface area contributed by atoms with Gasteiger partial charge >= 0.3 is 0 Å². The minimum absolute atomic E-state index is 0.267. The van der Waals surface area contributed by atoms with Crippen molar-refractivity contribution < 1.29 is 4.79 Å². The molecule has 0 bridgehead atoms. The van der Waals surface area contributed by atoms with E-state index in [4.69, 9.17) is 11.0 Å². The molecule has 0 heterocycles. The molecule has 2 aromatic carbocycles. The molecule has 0 aromatic heterocycles. The molecule has 0 spiro atoms. The molecule has 4 heteroatoms. The fraction of sp³-hybridized carbons (Fsp3) is 0. The summed E-state index contributed by atoms with van der Waals surface area (Å²) >= 11 is 0. The first kappa shape index (κ1) is 11.7. The van der Waals surface area contributed by atoms with Crippen molar-refractivity contribution in [3.63, 3.8) is 0 Å². The molecule has 0 radical (unpaired) electrons. The number of rotatable bonds is 2. The standard InChI is InChI=1S/C14H11N3O/c15-9-10-8-11(16)6-7-13(10)14(18)17-12-4-2-1-3-5-12/h1-8H,16H2,(H,17,18). The number of nitrogen functional groups attached to an aromatic ring is 1. The van der Waals surface area contributed by atoms with Crippen molar-refractivity contribution in [3.05, 3.63) is 59.7 Å². The van der Waals surface area contributed by atoms with Gasteiger partial charge in [0.15, 0.2) is 0 Å². The summed E-state index contributed by atoms with van der Waals surface area (Å²) in [5.74, 6) is -0.322. The number of nitrogens with two attached hydrogens (primary N) is 1. The Morgan fingerprint density at radius 3 is 2.56 bits per heavy atom. The second kappa shape index (κ2) is 5.02. The molecular weight excluding hydrogens is 226 g/mol. The Labute approximate surface area is 105 Å². The molecule has 0 saturated carbocycles. The van der Waals surface area contributed by atoms with Crippen LogP contribution in [0, 0.1) is 11.3 Å². The highest BCUT2D eigenvalue weighted by molar-refractivity contribution is 6.06. The minimum Gasteiger partial charge on any atom is -0.399 e. The third kappa shape index (κ3) is 2.47. The first-order valence-corrected chi connectivity index (χ1v) is 5.37. The number of anilines is 2. The summed E-state index contributed by atoms with van der Waals surface area (Å²) in [7, 11) is 0. The molecule has 0 saturated heterocycles. The number of hydrogen-bond donors (Lipinski definition) is 2. The lowest BCUT2D eigenvalue weighted by Gasteiger charge is -2.06. The fourth-order valence-electron chi connectivity index (χ4n) is 1.57. The molecule has 0 aliphatic carbocycles. The number of benzene rings is 2. The number of hydrogen-bond acceptors (Lipinski definition) is 3. The lowest BCUT2D eigenvalue weighted by molar-refractivity contribution is 0.102. The van der Waals surface area contributed by atoms with E-state index in [-0.39, 0.29) is 11.5 Å². The molecule has 0 unspecified atom stereocenters. The van der Waals surface area contributed by atoms with Crippen molar-refractivity contribution >= 4 is 17.3 Å². The van der Waals surface area contributed by atoms with E-state index < -0.39 is 0 Å². The Bertz CT molecular complexity index is 615. The van der Waals surface area contributed by atoms with Crippen LogP contribution in [-0.2, 0) is 0 Å². The third-order valence-electron chi connectivity index (χ3n) is 2.44. The Morgan fingerprint density at radius 2 is 1.89 bits per heavy atom. The minimum atomic E-state index is -0.322. The lowest BCUT2D eigenvalue weighted by atomic mass is 10.1. The topological polar surface area (TPSA) is 78.9 Å². The number of amides is 1. The Balaban J connectivity index is 2.28. The van der Waals surface area contributed by atoms with Crippen LogP contribution in [0.4, 0.5) is 11.4 Å². The predicted molar refractivity (Wildman–Crippen MR) is 70.0 cm³/mol. The van der Waals surface area contributed by atoms with Gasteiger partial charge in [0.1, 0.15) is 6.07 Å². The third-order valence-corrected chi connectivity index (χ3v) is 2.44. The maximum Gasteiger partial charge on any atom is 0.257 e. The van der Waals surface area contributed by atoms with Gasteiger partial charge in [-0.3, -0.25) is 4.79 Å². The van der Waals surface area contributed by atoms with E-state index in [1.54, 1.807) is 24.3 Å². The quantitative estimate of drug-likeness (QED) is 0.787. The van der Waals surface area contributed by atoms with Crippen molar-refractivity contribution in [2.45, 2.75) is 0 Å². The maximum absolute atomic E-state index is 12.0. The van der Waals surface area contributed by atoms with Crippen LogP contribution >= 0.6 is 0 Å². The van der Waals surface area contributed by atoms with Gasteiger partial charge in [-0.15, -0.1) is 0 Å². The monoisotopic (exact) mass is 237 g/mol. The highest BCUT2D eigenvalue weighted by atomic mass is 16.1. The van der Waals surface area contributed by atoms with Crippen LogP contribution in [0.3, 0.4) is 0 Å². The van der Waals surface area contributed by atoms with Gasteiger partial charge in [0, 0.05) is 11.4 Å². The van der Waals surface area contributed by atoms with Crippen LogP contribution in [-0.4, -0.2) is 5.91 Å². The zero-order valence-corrected chi connectivity index (χ0v) is 9.55. The van der Waals surface area contributed by atoms with Crippen LogP contribution in [0.2, 0.25) is 0 Å². The zero-order chi connectivity index (χ0) is 13.0. The molecule has 0 fully saturated rings. The second-order valence-electron chi connectivity index (χ2n) is 3.74. The average Bonchev–Trinajstić information content (AvgIpc) is 2.39. The lowest BCUT2D eigenvalue weighted by Crippen LogP contribution is -2.13.